The first-order valence-corrected chi connectivity index (χ1v) is 18.9. The molecule has 1 aromatic carbocycles. The monoisotopic (exact) mass is 769 g/mol. The van der Waals surface area contributed by atoms with Gasteiger partial charge < -0.3 is 9.55 Å². The SMILES string of the molecule is CCC1=Cc2cc3nc(cc4c(CC)c(CC)c(c(CC)c5[nH]c(c(CC)c1n2)c(CC)c5CC)n4CC)C=C3.[Pd].c1ccc2ncccc2c1. The van der Waals surface area contributed by atoms with Gasteiger partial charge in [-0.25, -0.2) is 9.97 Å². The average Bonchev–Trinajstić information content (AvgIpc) is 3.93. The number of para-hydroxylation sites is 1. The number of hydrogen-bond donors (Lipinski definition) is 1. The Bertz CT molecular complexity index is 2200. The summed E-state index contributed by atoms with van der Waals surface area (Å²) in [5, 5.41) is 1.20. The van der Waals surface area contributed by atoms with Gasteiger partial charge >= 0.3 is 0 Å². The van der Waals surface area contributed by atoms with Crippen LogP contribution < -0.4 is 0 Å². The van der Waals surface area contributed by atoms with E-state index in [1.165, 1.54) is 66.4 Å². The molecule has 0 unspecified atom stereocenters. The van der Waals surface area contributed by atoms with E-state index in [1.54, 1.807) is 0 Å². The number of hydrogen-bond acceptors (Lipinski definition) is 3. The molecule has 2 aliphatic heterocycles. The number of nitrogens with zero attached hydrogens (tertiary/aromatic N) is 4. The number of allylic oxidation sites excluding steroid dienone is 1. The van der Waals surface area contributed by atoms with Gasteiger partial charge in [0.1, 0.15) is 0 Å². The fraction of sp³-hybridized carbons (Fsp3) is 0.356. The Balaban J connectivity index is 0.000000391. The largest absolute Gasteiger partial charge is 0.354 e. The molecule has 0 amide bonds. The van der Waals surface area contributed by atoms with Crippen molar-refractivity contribution >= 4 is 56.8 Å². The first kappa shape index (κ1) is 38.1. The molecule has 1 N–H and O–H groups in total. The Morgan fingerprint density at radius 3 is 1.80 bits per heavy atom. The normalized spacial score (nSPS) is 12.0. The van der Waals surface area contributed by atoms with Crippen LogP contribution in [0.1, 0.15) is 118 Å². The number of nitrogens with one attached hydrogen (secondary N) is 1. The predicted octanol–water partition coefficient (Wildman–Crippen LogP) is 11.5. The predicted molar refractivity (Wildman–Crippen MR) is 215 cm³/mol. The van der Waals surface area contributed by atoms with Crippen LogP contribution in [0.3, 0.4) is 0 Å². The topological polar surface area (TPSA) is 59.4 Å². The quantitative estimate of drug-likeness (QED) is 0.157. The van der Waals surface area contributed by atoms with Crippen LogP contribution in [0.4, 0.5) is 0 Å². The average molecular weight is 770 g/mol. The molecule has 0 aliphatic carbocycles. The number of rotatable bonds is 8. The number of H-pyrrole nitrogens is 1. The van der Waals surface area contributed by atoms with E-state index in [4.69, 9.17) is 9.97 Å². The van der Waals surface area contributed by atoms with Crippen LogP contribution in [0.5, 0.6) is 0 Å². The van der Waals surface area contributed by atoms with Crippen molar-refractivity contribution in [1.82, 2.24) is 24.5 Å². The second kappa shape index (κ2) is 16.9. The van der Waals surface area contributed by atoms with Crippen LogP contribution in [0, 0.1) is 0 Å². The van der Waals surface area contributed by atoms with Crippen LogP contribution in [-0.2, 0) is 65.5 Å². The molecule has 0 saturated carbocycles. The Kier molecular flexibility index (Phi) is 12.7. The van der Waals surface area contributed by atoms with Gasteiger partial charge in [0.2, 0.25) is 0 Å². The summed E-state index contributed by atoms with van der Waals surface area (Å²) in [6, 6.07) is 16.5. The summed E-state index contributed by atoms with van der Waals surface area (Å²) in [4.78, 5) is 18.5. The fourth-order valence-corrected chi connectivity index (χ4v) is 8.10. The third kappa shape index (κ3) is 7.19. The standard InChI is InChI=1S/C36H46N4.C9H7N.Pd/c1-9-22-19-25-20-23-17-18-24(37-23)21-32-26(10-2)29(13-5)36(40(32)16-8)31(15-7)35-28(12-4)27(11-3)34(39-35)30(14-6)33(22)38-25;1-2-6-9-8(4-1)5-3-7-10-9;/h17-21,39H,9-16H2,1-8H3;1-7H;. The molecule has 268 valence electrons. The summed E-state index contributed by atoms with van der Waals surface area (Å²) in [6.45, 7) is 19.3. The molecular formula is C45H53N5Pd. The maximum absolute atomic E-state index is 5.22. The molecule has 2 aliphatic rings. The molecule has 7 rings (SSSR count). The van der Waals surface area contributed by atoms with E-state index in [-0.39, 0.29) is 20.4 Å². The summed E-state index contributed by atoms with van der Waals surface area (Å²) in [5.41, 5.74) is 20.5. The van der Waals surface area contributed by atoms with E-state index >= 15 is 0 Å². The van der Waals surface area contributed by atoms with Crippen LogP contribution in [0.25, 0.3) is 56.8 Å². The van der Waals surface area contributed by atoms with E-state index < -0.39 is 0 Å². The van der Waals surface area contributed by atoms with Crippen LogP contribution in [-0.4, -0.2) is 24.5 Å². The summed E-state index contributed by atoms with van der Waals surface area (Å²) >= 11 is 0. The Hall–Kier alpha value is -4.11. The molecule has 8 bridgehead atoms. The molecule has 4 aromatic heterocycles. The fourth-order valence-electron chi connectivity index (χ4n) is 8.10. The zero-order valence-electron chi connectivity index (χ0n) is 31.7. The van der Waals surface area contributed by atoms with E-state index in [1.807, 2.05) is 30.5 Å². The number of fused-ring (bicyclic) bond motifs is 9. The Morgan fingerprint density at radius 1 is 0.588 bits per heavy atom. The minimum absolute atomic E-state index is 0. The van der Waals surface area contributed by atoms with E-state index in [2.05, 4.69) is 112 Å². The minimum Gasteiger partial charge on any atom is -0.354 e. The van der Waals surface area contributed by atoms with Crippen molar-refractivity contribution in [3.63, 3.8) is 0 Å². The van der Waals surface area contributed by atoms with Gasteiger partial charge in [-0.05, 0) is 128 Å². The maximum atomic E-state index is 5.22. The van der Waals surface area contributed by atoms with Crippen molar-refractivity contribution in [3.05, 3.63) is 111 Å². The smallest absolute Gasteiger partial charge is 0.0722 e. The van der Waals surface area contributed by atoms with Gasteiger partial charge in [0.05, 0.1) is 28.3 Å². The van der Waals surface area contributed by atoms with Gasteiger partial charge in [-0.3, -0.25) is 4.98 Å². The zero-order valence-corrected chi connectivity index (χ0v) is 33.2. The Morgan fingerprint density at radius 2 is 1.20 bits per heavy atom. The summed E-state index contributed by atoms with van der Waals surface area (Å²) < 4.78 is 2.57. The zero-order chi connectivity index (χ0) is 35.4. The van der Waals surface area contributed by atoms with Gasteiger partial charge in [-0.1, -0.05) is 72.7 Å². The molecule has 0 fully saturated rings. The number of pyridine rings is 1. The third-order valence-corrected chi connectivity index (χ3v) is 10.4. The Labute approximate surface area is 318 Å². The molecule has 6 heteroatoms. The molecule has 5 aromatic rings. The molecule has 6 heterocycles. The first-order valence-electron chi connectivity index (χ1n) is 18.9. The number of aromatic amines is 1. The van der Waals surface area contributed by atoms with Crippen LogP contribution in [0.2, 0.25) is 0 Å². The number of benzene rings is 1. The summed E-state index contributed by atoms with van der Waals surface area (Å²) in [5.74, 6) is 0. The van der Waals surface area contributed by atoms with E-state index in [9.17, 15) is 0 Å². The summed E-state index contributed by atoms with van der Waals surface area (Å²) in [6.07, 6.45) is 15.3. The van der Waals surface area contributed by atoms with Crippen molar-refractivity contribution in [2.75, 3.05) is 0 Å². The van der Waals surface area contributed by atoms with E-state index in [0.29, 0.717) is 0 Å². The van der Waals surface area contributed by atoms with Gasteiger partial charge in [0.15, 0.2) is 0 Å². The van der Waals surface area contributed by atoms with Crippen LogP contribution >= 0.6 is 0 Å². The van der Waals surface area contributed by atoms with Crippen molar-refractivity contribution < 1.29 is 20.4 Å². The molecular weight excluding hydrogens is 717 g/mol. The van der Waals surface area contributed by atoms with Gasteiger partial charge in [-0.15, -0.1) is 0 Å². The van der Waals surface area contributed by atoms with Crippen molar-refractivity contribution in [3.8, 4) is 0 Å². The minimum atomic E-state index is 0. The molecule has 5 nitrogen and oxygen atoms in total. The second-order valence-electron chi connectivity index (χ2n) is 13.0. The molecule has 0 saturated heterocycles. The third-order valence-electron chi connectivity index (χ3n) is 10.4. The second-order valence-corrected chi connectivity index (χ2v) is 13.0. The summed E-state index contributed by atoms with van der Waals surface area (Å²) in [7, 11) is 0. The molecule has 0 atom stereocenters. The van der Waals surface area contributed by atoms with E-state index in [0.717, 1.165) is 79.8 Å². The van der Waals surface area contributed by atoms with Crippen molar-refractivity contribution in [2.24, 2.45) is 0 Å². The number of aromatic nitrogens is 5. The molecule has 51 heavy (non-hydrogen) atoms. The molecule has 0 radical (unpaired) electrons. The van der Waals surface area contributed by atoms with Gasteiger partial charge in [-0.2, -0.15) is 0 Å². The molecule has 0 spiro atoms. The van der Waals surface area contributed by atoms with Gasteiger partial charge in [0, 0.05) is 66.2 Å². The number of aryl methyl sites for hydroxylation is 7. The van der Waals surface area contributed by atoms with Crippen molar-refractivity contribution in [2.45, 2.75) is 107 Å². The van der Waals surface area contributed by atoms with Crippen LogP contribution in [0.15, 0.2) is 54.7 Å². The first-order chi connectivity index (χ1) is 24.4. The maximum Gasteiger partial charge on any atom is 0.0722 e. The van der Waals surface area contributed by atoms with Gasteiger partial charge in [0.25, 0.3) is 0 Å². The van der Waals surface area contributed by atoms with Crippen molar-refractivity contribution in [1.29, 1.82) is 0 Å².